The third kappa shape index (κ3) is 6.98. The number of hydrogen-bond acceptors (Lipinski definition) is 4. The average molecular weight is 404 g/mol. The van der Waals surface area contributed by atoms with E-state index in [0.717, 1.165) is 25.8 Å². The lowest BCUT2D eigenvalue weighted by atomic mass is 10.0. The van der Waals surface area contributed by atoms with Crippen LogP contribution in [0.2, 0.25) is 0 Å². The average Bonchev–Trinajstić information content (AvgIpc) is 2.66. The molecule has 0 radical (unpaired) electrons. The molecule has 0 aromatic heterocycles. The Hall–Kier alpha value is -2.38. The molecule has 0 aliphatic carbocycles. The van der Waals surface area contributed by atoms with E-state index in [1.807, 2.05) is 18.2 Å². The minimum absolute atomic E-state index is 0.179. The lowest BCUT2D eigenvalue weighted by Gasteiger charge is -2.30. The van der Waals surface area contributed by atoms with Gasteiger partial charge in [0.1, 0.15) is 0 Å². The van der Waals surface area contributed by atoms with Gasteiger partial charge < -0.3 is 5.32 Å². The van der Waals surface area contributed by atoms with Gasteiger partial charge in [-0.15, -0.1) is 0 Å². The molecule has 0 fully saturated rings. The first-order chi connectivity index (χ1) is 13.3. The quantitative estimate of drug-likeness (QED) is 0.639. The van der Waals surface area contributed by atoms with Gasteiger partial charge in [0.05, 0.1) is 6.26 Å². The first-order valence-corrected chi connectivity index (χ1v) is 11.4. The van der Waals surface area contributed by atoms with E-state index in [1.54, 1.807) is 24.3 Å². The number of anilines is 1. The van der Waals surface area contributed by atoms with Crippen molar-refractivity contribution < 1.29 is 13.2 Å². The molecule has 152 valence electrons. The second-order valence-corrected chi connectivity index (χ2v) is 8.48. The number of sulfonamides is 1. The van der Waals surface area contributed by atoms with Crippen LogP contribution >= 0.6 is 0 Å². The van der Waals surface area contributed by atoms with Gasteiger partial charge in [-0.2, -0.15) is 0 Å². The van der Waals surface area contributed by atoms with Crippen molar-refractivity contribution in [1.82, 2.24) is 10.2 Å². The highest BCUT2D eigenvalue weighted by molar-refractivity contribution is 7.92. The van der Waals surface area contributed by atoms with E-state index in [4.69, 9.17) is 0 Å². The summed E-state index contributed by atoms with van der Waals surface area (Å²) >= 11 is 0. The standard InChI is InChI=1S/C21H29N3O3S/c1-4-24(5-2)20(14-17-10-7-6-8-11-17)16-22-21(25)18-12-9-13-19(15-18)23-28(3,26)27/h6-13,15,20,23H,4-5,14,16H2,1-3H3,(H,22,25)/t20-/m0/s1. The summed E-state index contributed by atoms with van der Waals surface area (Å²) in [6.07, 6.45) is 1.93. The van der Waals surface area contributed by atoms with Crippen LogP contribution in [0.15, 0.2) is 54.6 Å². The summed E-state index contributed by atoms with van der Waals surface area (Å²) < 4.78 is 25.2. The van der Waals surface area contributed by atoms with Gasteiger partial charge in [-0.25, -0.2) is 8.42 Å². The molecule has 0 saturated heterocycles. The Morgan fingerprint density at radius 3 is 2.32 bits per heavy atom. The van der Waals surface area contributed by atoms with Gasteiger partial charge in [-0.1, -0.05) is 50.2 Å². The Kier molecular flexibility index (Phi) is 8.02. The highest BCUT2D eigenvalue weighted by Gasteiger charge is 2.18. The summed E-state index contributed by atoms with van der Waals surface area (Å²) in [5.74, 6) is -0.220. The monoisotopic (exact) mass is 403 g/mol. The van der Waals surface area contributed by atoms with Gasteiger partial charge in [0.2, 0.25) is 10.0 Å². The highest BCUT2D eigenvalue weighted by Crippen LogP contribution is 2.13. The predicted molar refractivity (Wildman–Crippen MR) is 114 cm³/mol. The predicted octanol–water partition coefficient (Wildman–Crippen LogP) is 2.74. The number of carbonyl (C=O) groups excluding carboxylic acids is 1. The molecule has 1 amide bonds. The van der Waals surface area contributed by atoms with Crippen LogP contribution < -0.4 is 10.0 Å². The maximum Gasteiger partial charge on any atom is 0.251 e. The smallest absolute Gasteiger partial charge is 0.251 e. The zero-order valence-electron chi connectivity index (χ0n) is 16.7. The number of likely N-dealkylation sites (N-methyl/N-ethyl adjacent to an activating group) is 1. The minimum atomic E-state index is -3.39. The molecule has 0 spiro atoms. The molecule has 6 nitrogen and oxygen atoms in total. The van der Waals surface area contributed by atoms with Crippen molar-refractivity contribution in [2.24, 2.45) is 0 Å². The van der Waals surface area contributed by atoms with Crippen LogP contribution in [0.4, 0.5) is 5.69 Å². The van der Waals surface area contributed by atoms with Crippen LogP contribution in [0.25, 0.3) is 0 Å². The fraction of sp³-hybridized carbons (Fsp3) is 0.381. The largest absolute Gasteiger partial charge is 0.350 e. The Balaban J connectivity index is 2.07. The molecule has 7 heteroatoms. The lowest BCUT2D eigenvalue weighted by Crippen LogP contribution is -2.45. The molecule has 0 bridgehead atoms. The maximum absolute atomic E-state index is 12.6. The highest BCUT2D eigenvalue weighted by atomic mass is 32.2. The minimum Gasteiger partial charge on any atom is -0.350 e. The number of nitrogens with zero attached hydrogens (tertiary/aromatic N) is 1. The molecule has 0 aliphatic heterocycles. The molecule has 0 aliphatic rings. The van der Waals surface area contributed by atoms with E-state index >= 15 is 0 Å². The van der Waals surface area contributed by atoms with E-state index in [2.05, 4.69) is 40.9 Å². The topological polar surface area (TPSA) is 78.5 Å². The molecule has 0 saturated carbocycles. The third-order valence-corrected chi connectivity index (χ3v) is 5.18. The first-order valence-electron chi connectivity index (χ1n) is 9.46. The number of hydrogen-bond donors (Lipinski definition) is 2. The summed E-state index contributed by atoms with van der Waals surface area (Å²) in [6.45, 7) is 6.54. The van der Waals surface area contributed by atoms with Crippen molar-refractivity contribution in [1.29, 1.82) is 0 Å². The van der Waals surface area contributed by atoms with Crippen LogP contribution in [0, 0.1) is 0 Å². The van der Waals surface area contributed by atoms with Crippen LogP contribution in [0.5, 0.6) is 0 Å². The summed E-state index contributed by atoms with van der Waals surface area (Å²) in [4.78, 5) is 14.9. The fourth-order valence-electron chi connectivity index (χ4n) is 3.21. The third-order valence-electron chi connectivity index (χ3n) is 4.57. The molecule has 2 aromatic rings. The Labute approximate surface area is 168 Å². The summed E-state index contributed by atoms with van der Waals surface area (Å²) in [5.41, 5.74) is 2.03. The van der Waals surface area contributed by atoms with Crippen molar-refractivity contribution in [3.05, 3.63) is 65.7 Å². The van der Waals surface area contributed by atoms with Crippen molar-refractivity contribution >= 4 is 21.6 Å². The molecule has 2 aromatic carbocycles. The van der Waals surface area contributed by atoms with E-state index in [0.29, 0.717) is 17.8 Å². The van der Waals surface area contributed by atoms with E-state index < -0.39 is 10.0 Å². The van der Waals surface area contributed by atoms with Crippen molar-refractivity contribution in [2.45, 2.75) is 26.3 Å². The Morgan fingerprint density at radius 2 is 1.71 bits per heavy atom. The van der Waals surface area contributed by atoms with Gasteiger partial charge in [0.15, 0.2) is 0 Å². The van der Waals surface area contributed by atoms with Crippen LogP contribution in [-0.2, 0) is 16.4 Å². The van der Waals surface area contributed by atoms with E-state index in [-0.39, 0.29) is 11.9 Å². The SMILES string of the molecule is CCN(CC)[C@H](CNC(=O)c1cccc(NS(C)(=O)=O)c1)Cc1ccccc1. The van der Waals surface area contributed by atoms with Crippen molar-refractivity contribution in [3.63, 3.8) is 0 Å². The van der Waals surface area contributed by atoms with E-state index in [9.17, 15) is 13.2 Å². The number of amides is 1. The van der Waals surface area contributed by atoms with Gasteiger partial charge in [0, 0.05) is 23.8 Å². The van der Waals surface area contributed by atoms with Gasteiger partial charge in [0.25, 0.3) is 5.91 Å². The van der Waals surface area contributed by atoms with Crippen molar-refractivity contribution in [2.75, 3.05) is 30.6 Å². The van der Waals surface area contributed by atoms with Crippen LogP contribution in [0.1, 0.15) is 29.8 Å². The van der Waals surface area contributed by atoms with Crippen molar-refractivity contribution in [3.8, 4) is 0 Å². The molecular formula is C21H29N3O3S. The number of nitrogens with one attached hydrogen (secondary N) is 2. The molecule has 2 rings (SSSR count). The normalized spacial score (nSPS) is 12.6. The molecule has 0 unspecified atom stereocenters. The number of benzene rings is 2. The fourth-order valence-corrected chi connectivity index (χ4v) is 3.76. The molecular weight excluding hydrogens is 374 g/mol. The summed E-state index contributed by atoms with van der Waals surface area (Å²) in [7, 11) is -3.39. The maximum atomic E-state index is 12.6. The summed E-state index contributed by atoms with van der Waals surface area (Å²) in [5, 5.41) is 3.00. The molecule has 2 N–H and O–H groups in total. The van der Waals surface area contributed by atoms with E-state index in [1.165, 1.54) is 5.56 Å². The lowest BCUT2D eigenvalue weighted by molar-refractivity contribution is 0.0934. The first kappa shape index (κ1) is 21.9. The zero-order chi connectivity index (χ0) is 20.6. The molecule has 1 atom stereocenters. The van der Waals surface area contributed by atoms with Gasteiger partial charge in [-0.3, -0.25) is 14.4 Å². The Morgan fingerprint density at radius 1 is 1.04 bits per heavy atom. The molecule has 28 heavy (non-hydrogen) atoms. The molecule has 0 heterocycles. The van der Waals surface area contributed by atoms with Gasteiger partial charge >= 0.3 is 0 Å². The zero-order valence-corrected chi connectivity index (χ0v) is 17.5. The Bertz CT molecular complexity index is 865. The number of carbonyl (C=O) groups is 1. The van der Waals surface area contributed by atoms with Gasteiger partial charge in [-0.05, 0) is 43.3 Å². The summed E-state index contributed by atoms with van der Waals surface area (Å²) in [6, 6.07) is 16.9. The van der Waals surface area contributed by atoms with Crippen LogP contribution in [0.3, 0.4) is 0 Å². The second kappa shape index (κ2) is 10.2. The van der Waals surface area contributed by atoms with Crippen LogP contribution in [-0.4, -0.2) is 51.2 Å². The second-order valence-electron chi connectivity index (χ2n) is 6.73. The number of rotatable bonds is 10.